The van der Waals surface area contributed by atoms with Gasteiger partial charge in [0, 0.05) is 36.3 Å². The molecule has 3 aromatic rings. The van der Waals surface area contributed by atoms with E-state index in [0.29, 0.717) is 23.3 Å². The third-order valence-electron chi connectivity index (χ3n) is 6.39. The summed E-state index contributed by atoms with van der Waals surface area (Å²) in [5, 5.41) is 11.1. The molecule has 2 fully saturated rings. The fraction of sp³-hybridized carbons (Fsp3) is 0.542. The number of nitrogens with zero attached hydrogens (tertiary/aromatic N) is 4. The summed E-state index contributed by atoms with van der Waals surface area (Å²) >= 11 is 1.68. The molecule has 0 amide bonds. The summed E-state index contributed by atoms with van der Waals surface area (Å²) in [6, 6.07) is 6.35. The minimum atomic E-state index is -0.294. The van der Waals surface area contributed by atoms with Gasteiger partial charge in [-0.1, -0.05) is 25.6 Å². The van der Waals surface area contributed by atoms with Crippen molar-refractivity contribution in [2.45, 2.75) is 75.7 Å². The van der Waals surface area contributed by atoms with Gasteiger partial charge in [0.2, 0.25) is 5.95 Å². The summed E-state index contributed by atoms with van der Waals surface area (Å²) < 4.78 is 7.86. The fourth-order valence-electron chi connectivity index (χ4n) is 4.60. The first-order valence-corrected chi connectivity index (χ1v) is 12.4. The van der Waals surface area contributed by atoms with E-state index in [0.717, 1.165) is 40.7 Å². The molecule has 31 heavy (non-hydrogen) atoms. The summed E-state index contributed by atoms with van der Waals surface area (Å²) in [5.74, 6) is 2.12. The summed E-state index contributed by atoms with van der Waals surface area (Å²) in [5.41, 5.74) is 3.83. The van der Waals surface area contributed by atoms with Crippen molar-refractivity contribution in [3.8, 4) is 0 Å². The molecule has 1 aliphatic heterocycles. The number of hydrogen-bond acceptors (Lipinski definition) is 6. The van der Waals surface area contributed by atoms with Crippen LogP contribution in [0.3, 0.4) is 0 Å². The molecule has 2 aliphatic rings. The number of thioether (sulfide) groups is 1. The lowest BCUT2D eigenvalue weighted by molar-refractivity contribution is 0.548. The molecule has 0 radical (unpaired) electrons. The van der Waals surface area contributed by atoms with E-state index in [2.05, 4.69) is 46.5 Å². The molecule has 0 atom stereocenters. The van der Waals surface area contributed by atoms with E-state index in [1.807, 2.05) is 6.07 Å². The average molecular weight is 439 g/mol. The zero-order valence-electron chi connectivity index (χ0n) is 18.6. The Balaban J connectivity index is 1.47. The van der Waals surface area contributed by atoms with E-state index >= 15 is 0 Å². The first-order chi connectivity index (χ1) is 15.0. The van der Waals surface area contributed by atoms with Crippen LogP contribution in [0.2, 0.25) is 0 Å². The van der Waals surface area contributed by atoms with E-state index in [1.165, 1.54) is 37.7 Å². The summed E-state index contributed by atoms with van der Waals surface area (Å²) in [6.45, 7) is 8.61. The molecule has 2 aromatic heterocycles. The van der Waals surface area contributed by atoms with Crippen LogP contribution in [0.25, 0.3) is 11.0 Å². The highest BCUT2D eigenvalue weighted by atomic mass is 32.2. The van der Waals surface area contributed by atoms with Gasteiger partial charge in [-0.3, -0.25) is 4.57 Å². The van der Waals surface area contributed by atoms with Crippen LogP contribution >= 0.6 is 11.8 Å². The lowest BCUT2D eigenvalue weighted by atomic mass is 9.95. The van der Waals surface area contributed by atoms with Gasteiger partial charge >= 0.3 is 5.63 Å². The molecule has 6 nitrogen and oxygen atoms in total. The smallest absolute Gasteiger partial charge is 0.336 e. The predicted molar refractivity (Wildman–Crippen MR) is 125 cm³/mol. The number of rotatable bonds is 6. The monoisotopic (exact) mass is 438 g/mol. The molecular weight excluding hydrogens is 408 g/mol. The van der Waals surface area contributed by atoms with Crippen molar-refractivity contribution in [3.05, 3.63) is 45.3 Å². The van der Waals surface area contributed by atoms with Crippen molar-refractivity contribution in [1.82, 2.24) is 14.8 Å². The van der Waals surface area contributed by atoms with Crippen LogP contribution in [0.4, 0.5) is 5.95 Å². The molecule has 0 bridgehead atoms. The quantitative estimate of drug-likeness (QED) is 0.377. The molecule has 0 N–H and O–H groups in total. The third-order valence-corrected chi connectivity index (χ3v) is 7.38. The average Bonchev–Trinajstić information content (AvgIpc) is 3.50. The first kappa shape index (κ1) is 20.6. The second kappa shape index (κ2) is 8.34. The minimum absolute atomic E-state index is 0.294. The van der Waals surface area contributed by atoms with Gasteiger partial charge in [-0.2, -0.15) is 0 Å². The lowest BCUT2D eigenvalue weighted by Gasteiger charge is -2.27. The Morgan fingerprint density at radius 1 is 1.13 bits per heavy atom. The maximum atomic E-state index is 12.2. The predicted octanol–water partition coefficient (Wildman–Crippen LogP) is 5.43. The summed E-state index contributed by atoms with van der Waals surface area (Å²) in [4.78, 5) is 14.6. The molecule has 1 aromatic carbocycles. The highest BCUT2D eigenvalue weighted by Crippen LogP contribution is 2.42. The number of benzene rings is 1. The Kier molecular flexibility index (Phi) is 5.54. The Morgan fingerprint density at radius 2 is 1.90 bits per heavy atom. The summed E-state index contributed by atoms with van der Waals surface area (Å²) in [7, 11) is 0. The van der Waals surface area contributed by atoms with Gasteiger partial charge in [-0.25, -0.2) is 4.79 Å². The molecule has 1 aliphatic carbocycles. The van der Waals surface area contributed by atoms with E-state index in [9.17, 15) is 4.79 Å². The molecule has 164 valence electrons. The summed E-state index contributed by atoms with van der Waals surface area (Å²) in [6.07, 6.45) is 6.15. The number of piperidine rings is 1. The van der Waals surface area contributed by atoms with Gasteiger partial charge in [0.15, 0.2) is 5.16 Å². The number of fused-ring (bicyclic) bond motifs is 1. The zero-order chi connectivity index (χ0) is 21.5. The van der Waals surface area contributed by atoms with Crippen molar-refractivity contribution < 1.29 is 4.42 Å². The molecule has 0 spiro atoms. The van der Waals surface area contributed by atoms with Gasteiger partial charge in [0.05, 0.1) is 0 Å². The van der Waals surface area contributed by atoms with Gasteiger partial charge in [0.25, 0.3) is 0 Å². The van der Waals surface area contributed by atoms with Gasteiger partial charge < -0.3 is 9.32 Å². The Bertz CT molecular complexity index is 1160. The van der Waals surface area contributed by atoms with Crippen LogP contribution in [0.15, 0.2) is 32.6 Å². The Hall–Kier alpha value is -2.28. The fourth-order valence-corrected chi connectivity index (χ4v) is 5.60. The third kappa shape index (κ3) is 4.12. The van der Waals surface area contributed by atoms with Crippen molar-refractivity contribution in [3.63, 3.8) is 0 Å². The van der Waals surface area contributed by atoms with Crippen LogP contribution in [-0.2, 0) is 5.75 Å². The molecule has 3 heterocycles. The van der Waals surface area contributed by atoms with Crippen molar-refractivity contribution in [2.24, 2.45) is 0 Å². The standard InChI is InChI=1S/C24H30N4O2S/c1-15(2)19-13-20-17(12-22(29)30-21(20)11-16(19)3)14-31-24-26-25-23(28(24)18-7-8-18)27-9-5-4-6-10-27/h11-13,15,18H,4-10,14H2,1-3H3. The van der Waals surface area contributed by atoms with Gasteiger partial charge in [-0.15, -0.1) is 10.2 Å². The van der Waals surface area contributed by atoms with Crippen LogP contribution in [0.5, 0.6) is 0 Å². The second-order valence-corrected chi connectivity index (χ2v) is 10.1. The Morgan fingerprint density at radius 3 is 2.61 bits per heavy atom. The molecule has 5 rings (SSSR count). The molecule has 1 saturated carbocycles. The van der Waals surface area contributed by atoms with Crippen LogP contribution < -0.4 is 10.5 Å². The van der Waals surface area contributed by atoms with E-state index in [4.69, 9.17) is 4.42 Å². The molecule has 1 saturated heterocycles. The van der Waals surface area contributed by atoms with E-state index in [-0.39, 0.29) is 5.63 Å². The van der Waals surface area contributed by atoms with Crippen LogP contribution in [-0.4, -0.2) is 27.9 Å². The Labute approximate surface area is 187 Å². The van der Waals surface area contributed by atoms with E-state index < -0.39 is 0 Å². The normalized spacial score (nSPS) is 17.1. The van der Waals surface area contributed by atoms with E-state index in [1.54, 1.807) is 17.8 Å². The molecule has 0 unspecified atom stereocenters. The van der Waals surface area contributed by atoms with Crippen molar-refractivity contribution in [2.75, 3.05) is 18.0 Å². The number of anilines is 1. The molecular formula is C24H30N4O2S. The van der Waals surface area contributed by atoms with Crippen LogP contribution in [0, 0.1) is 6.92 Å². The highest BCUT2D eigenvalue weighted by Gasteiger charge is 2.32. The largest absolute Gasteiger partial charge is 0.423 e. The van der Waals surface area contributed by atoms with Crippen LogP contribution in [0.1, 0.15) is 74.6 Å². The lowest BCUT2D eigenvalue weighted by Crippen LogP contribution is -2.31. The zero-order valence-corrected chi connectivity index (χ0v) is 19.4. The van der Waals surface area contributed by atoms with Crippen molar-refractivity contribution >= 4 is 28.7 Å². The minimum Gasteiger partial charge on any atom is -0.423 e. The topological polar surface area (TPSA) is 64.2 Å². The number of aromatic nitrogens is 3. The number of aryl methyl sites for hydroxylation is 1. The molecule has 7 heteroatoms. The van der Waals surface area contributed by atoms with Gasteiger partial charge in [-0.05, 0) is 73.8 Å². The maximum Gasteiger partial charge on any atom is 0.336 e. The van der Waals surface area contributed by atoms with Gasteiger partial charge in [0.1, 0.15) is 5.58 Å². The van der Waals surface area contributed by atoms with Crippen molar-refractivity contribution in [1.29, 1.82) is 0 Å². The SMILES string of the molecule is Cc1cc2oc(=O)cc(CSc3nnc(N4CCCCC4)n3C3CC3)c2cc1C(C)C. The first-order valence-electron chi connectivity index (χ1n) is 11.4. The maximum absolute atomic E-state index is 12.2. The second-order valence-electron chi connectivity index (χ2n) is 9.17. The number of hydrogen-bond donors (Lipinski definition) is 0. The highest BCUT2D eigenvalue weighted by molar-refractivity contribution is 7.98.